The zero-order chi connectivity index (χ0) is 19.2. The Bertz CT molecular complexity index is 913. The van der Waals surface area contributed by atoms with Gasteiger partial charge in [0.2, 0.25) is 0 Å². The highest BCUT2D eigenvalue weighted by atomic mass is 19.1. The molecule has 0 spiro atoms. The van der Waals surface area contributed by atoms with E-state index in [0.717, 1.165) is 48.7 Å². The van der Waals surface area contributed by atoms with E-state index in [9.17, 15) is 4.39 Å². The van der Waals surface area contributed by atoms with Gasteiger partial charge in [0.25, 0.3) is 0 Å². The summed E-state index contributed by atoms with van der Waals surface area (Å²) in [7, 11) is 0. The third-order valence-corrected chi connectivity index (χ3v) is 4.81. The van der Waals surface area contributed by atoms with Crippen LogP contribution < -0.4 is 15.0 Å². The van der Waals surface area contributed by atoms with Gasteiger partial charge in [-0.05, 0) is 41.5 Å². The van der Waals surface area contributed by atoms with E-state index in [1.165, 1.54) is 12.1 Å². The largest absolute Gasteiger partial charge is 0.492 e. The Morgan fingerprint density at radius 1 is 1.07 bits per heavy atom. The molecule has 28 heavy (non-hydrogen) atoms. The number of hydrogen-bond donors (Lipinski definition) is 1. The Hall–Kier alpha value is -2.99. The summed E-state index contributed by atoms with van der Waals surface area (Å²) in [4.78, 5) is 10.9. The van der Waals surface area contributed by atoms with Crippen LogP contribution in [0, 0.1) is 5.82 Å². The smallest absolute Gasteiger partial charge is 0.130 e. The topological polar surface area (TPSA) is 50.3 Å². The Kier molecular flexibility index (Phi) is 5.77. The average Bonchev–Trinajstić information content (AvgIpc) is 2.75. The van der Waals surface area contributed by atoms with Gasteiger partial charge in [-0.3, -0.25) is 4.98 Å². The lowest BCUT2D eigenvalue weighted by Crippen LogP contribution is -2.43. The molecule has 1 aliphatic heterocycles. The van der Waals surface area contributed by atoms with Crippen molar-refractivity contribution in [3.8, 4) is 16.9 Å². The number of halogens is 1. The van der Waals surface area contributed by atoms with Gasteiger partial charge < -0.3 is 15.0 Å². The molecule has 0 atom stereocenters. The fourth-order valence-electron chi connectivity index (χ4n) is 3.33. The first kappa shape index (κ1) is 18.4. The zero-order valence-corrected chi connectivity index (χ0v) is 15.6. The van der Waals surface area contributed by atoms with Crippen LogP contribution in [-0.2, 0) is 6.42 Å². The molecule has 3 aromatic rings. The highest BCUT2D eigenvalue weighted by Crippen LogP contribution is 2.32. The Morgan fingerprint density at radius 2 is 1.96 bits per heavy atom. The van der Waals surface area contributed by atoms with Crippen molar-refractivity contribution < 1.29 is 9.13 Å². The van der Waals surface area contributed by atoms with Gasteiger partial charge in [0.1, 0.15) is 17.4 Å². The van der Waals surface area contributed by atoms with Crippen LogP contribution in [-0.4, -0.2) is 42.8 Å². The molecule has 0 bridgehead atoms. The maximum absolute atomic E-state index is 13.9. The van der Waals surface area contributed by atoms with Gasteiger partial charge in [0, 0.05) is 62.8 Å². The van der Waals surface area contributed by atoms with E-state index in [2.05, 4.69) is 20.2 Å². The fraction of sp³-hybridized carbons (Fsp3) is 0.273. The molecule has 1 fully saturated rings. The number of aromatic nitrogens is 2. The number of benzene rings is 1. The molecule has 6 heteroatoms. The van der Waals surface area contributed by atoms with Gasteiger partial charge in [-0.2, -0.15) is 0 Å². The minimum atomic E-state index is -0.309. The molecule has 0 aliphatic carbocycles. The molecule has 5 nitrogen and oxygen atoms in total. The predicted molar refractivity (Wildman–Crippen MR) is 108 cm³/mol. The van der Waals surface area contributed by atoms with E-state index >= 15 is 0 Å². The lowest BCUT2D eigenvalue weighted by molar-refractivity contribution is 0.321. The first-order chi connectivity index (χ1) is 13.8. The number of nitrogens with zero attached hydrogens (tertiary/aromatic N) is 3. The molecule has 1 aromatic carbocycles. The van der Waals surface area contributed by atoms with Crippen molar-refractivity contribution in [1.82, 2.24) is 15.3 Å². The minimum Gasteiger partial charge on any atom is -0.492 e. The van der Waals surface area contributed by atoms with Crippen molar-refractivity contribution in [2.45, 2.75) is 6.42 Å². The van der Waals surface area contributed by atoms with Crippen molar-refractivity contribution in [1.29, 1.82) is 0 Å². The number of rotatable bonds is 6. The van der Waals surface area contributed by atoms with E-state index in [4.69, 9.17) is 4.74 Å². The number of piperazine rings is 1. The maximum atomic E-state index is 13.9. The molecule has 0 amide bonds. The third kappa shape index (κ3) is 4.46. The molecule has 3 heterocycles. The summed E-state index contributed by atoms with van der Waals surface area (Å²) in [6.45, 7) is 4.21. The van der Waals surface area contributed by atoms with Crippen LogP contribution in [0.25, 0.3) is 11.1 Å². The number of pyridine rings is 2. The van der Waals surface area contributed by atoms with E-state index in [0.29, 0.717) is 18.8 Å². The van der Waals surface area contributed by atoms with Gasteiger partial charge in [0.15, 0.2) is 0 Å². The van der Waals surface area contributed by atoms with Crippen LogP contribution in [0.5, 0.6) is 5.75 Å². The van der Waals surface area contributed by atoms with E-state index < -0.39 is 0 Å². The maximum Gasteiger partial charge on any atom is 0.130 e. The molecule has 0 saturated carbocycles. The van der Waals surface area contributed by atoms with Crippen LogP contribution in [0.4, 0.5) is 10.2 Å². The molecule has 1 saturated heterocycles. The van der Waals surface area contributed by atoms with Gasteiger partial charge in [-0.1, -0.05) is 6.07 Å². The highest BCUT2D eigenvalue weighted by molar-refractivity contribution is 5.72. The zero-order valence-electron chi connectivity index (χ0n) is 15.6. The molecule has 1 aliphatic rings. The molecular formula is C22H23FN4O. The van der Waals surface area contributed by atoms with Crippen LogP contribution >= 0.6 is 0 Å². The number of hydrogen-bond acceptors (Lipinski definition) is 5. The lowest BCUT2D eigenvalue weighted by atomic mass is 10.1. The second-order valence-electron chi connectivity index (χ2n) is 6.74. The van der Waals surface area contributed by atoms with E-state index in [1.807, 2.05) is 30.5 Å². The summed E-state index contributed by atoms with van der Waals surface area (Å²) in [6, 6.07) is 12.6. The summed E-state index contributed by atoms with van der Waals surface area (Å²) in [5.41, 5.74) is 2.93. The molecule has 2 aromatic heterocycles. The van der Waals surface area contributed by atoms with Gasteiger partial charge in [0.05, 0.1) is 6.61 Å². The molecular weight excluding hydrogens is 355 g/mol. The normalized spacial score (nSPS) is 14.1. The number of anilines is 1. The Labute approximate surface area is 164 Å². The van der Waals surface area contributed by atoms with Crippen LogP contribution in [0.1, 0.15) is 5.56 Å². The quantitative estimate of drug-likeness (QED) is 0.713. The second kappa shape index (κ2) is 8.80. The predicted octanol–water partition coefficient (Wildman–Crippen LogP) is 3.31. The first-order valence-electron chi connectivity index (χ1n) is 9.53. The van der Waals surface area contributed by atoms with Crippen molar-refractivity contribution in [3.63, 3.8) is 0 Å². The number of ether oxygens (including phenoxy) is 1. The van der Waals surface area contributed by atoms with Gasteiger partial charge in [-0.15, -0.1) is 0 Å². The summed E-state index contributed by atoms with van der Waals surface area (Å²) in [5, 5.41) is 3.35. The van der Waals surface area contributed by atoms with Crippen molar-refractivity contribution in [2.24, 2.45) is 0 Å². The standard InChI is InChI=1S/C22H23FN4O/c23-19-3-4-20(21(15-19)28-13-6-17-2-1-7-25-16-17)18-5-8-26-22(14-18)27-11-9-24-10-12-27/h1-5,7-8,14-16,24H,6,9-13H2. The first-order valence-corrected chi connectivity index (χ1v) is 9.53. The fourth-order valence-corrected chi connectivity index (χ4v) is 3.33. The Balaban J connectivity index is 1.54. The summed E-state index contributed by atoms with van der Waals surface area (Å²) >= 11 is 0. The SMILES string of the molecule is Fc1ccc(-c2ccnc(N3CCNCC3)c2)c(OCCc2cccnc2)c1. The van der Waals surface area contributed by atoms with Gasteiger partial charge in [-0.25, -0.2) is 9.37 Å². The van der Waals surface area contributed by atoms with Crippen molar-refractivity contribution in [2.75, 3.05) is 37.7 Å². The monoisotopic (exact) mass is 378 g/mol. The second-order valence-corrected chi connectivity index (χ2v) is 6.74. The average molecular weight is 378 g/mol. The minimum absolute atomic E-state index is 0.309. The van der Waals surface area contributed by atoms with Crippen LogP contribution in [0.15, 0.2) is 61.1 Å². The summed E-state index contributed by atoms with van der Waals surface area (Å²) in [6.07, 6.45) is 6.08. The number of nitrogens with one attached hydrogen (secondary N) is 1. The van der Waals surface area contributed by atoms with Crippen LogP contribution in [0.3, 0.4) is 0 Å². The van der Waals surface area contributed by atoms with Crippen molar-refractivity contribution >= 4 is 5.82 Å². The molecule has 0 radical (unpaired) electrons. The molecule has 144 valence electrons. The van der Waals surface area contributed by atoms with E-state index in [-0.39, 0.29) is 5.82 Å². The highest BCUT2D eigenvalue weighted by Gasteiger charge is 2.14. The molecule has 0 unspecified atom stereocenters. The van der Waals surface area contributed by atoms with E-state index in [1.54, 1.807) is 18.5 Å². The molecule has 1 N–H and O–H groups in total. The lowest BCUT2D eigenvalue weighted by Gasteiger charge is -2.28. The molecule has 4 rings (SSSR count). The van der Waals surface area contributed by atoms with Crippen molar-refractivity contribution in [3.05, 3.63) is 72.4 Å². The summed E-state index contributed by atoms with van der Waals surface area (Å²) < 4.78 is 19.8. The third-order valence-electron chi connectivity index (χ3n) is 4.81. The summed E-state index contributed by atoms with van der Waals surface area (Å²) in [5.74, 6) is 1.17. The Morgan fingerprint density at radius 3 is 2.79 bits per heavy atom. The van der Waals surface area contributed by atoms with Gasteiger partial charge >= 0.3 is 0 Å². The van der Waals surface area contributed by atoms with Crippen LogP contribution in [0.2, 0.25) is 0 Å².